The largest absolute Gasteiger partial charge is 0.494 e. The van der Waals surface area contributed by atoms with E-state index in [1.807, 2.05) is 30.3 Å². The Balaban J connectivity index is 1.00. The molecule has 0 unspecified atom stereocenters. The van der Waals surface area contributed by atoms with Gasteiger partial charge in [0.2, 0.25) is 5.56 Å². The number of nitrogens with one attached hydrogen (secondary N) is 2. The lowest BCUT2D eigenvalue weighted by molar-refractivity contribution is 0.170. The summed E-state index contributed by atoms with van der Waals surface area (Å²) in [6.07, 6.45) is 3.27. The van der Waals surface area contributed by atoms with Crippen molar-refractivity contribution < 1.29 is 14.2 Å². The molecule has 1 aliphatic heterocycles. The summed E-state index contributed by atoms with van der Waals surface area (Å²) in [6, 6.07) is 15.4. The molecule has 2 aromatic carbocycles. The molecule has 1 saturated carbocycles. The lowest BCUT2D eigenvalue weighted by Gasteiger charge is -2.21. The van der Waals surface area contributed by atoms with Crippen LogP contribution >= 0.6 is 0 Å². The van der Waals surface area contributed by atoms with E-state index < -0.39 is 0 Å². The van der Waals surface area contributed by atoms with E-state index >= 15 is 0 Å². The molecular formula is C25H28N2O4. The van der Waals surface area contributed by atoms with Crippen molar-refractivity contribution in [2.75, 3.05) is 32.9 Å². The standard InChI is InChI=1S/C25H28N2O4/c28-24-9-7-17-6-8-19(15-22(17)27-24)29-11-2-1-10-26-16-18-14-21(18)20-4-3-5-23-25(20)31-13-12-30-23/h3-9,15,18,21,26H,1-2,10-14,16H2,(H,27,28)/t18-,21+/m0/s1. The smallest absolute Gasteiger partial charge is 0.248 e. The fourth-order valence-corrected chi connectivity index (χ4v) is 4.29. The predicted molar refractivity (Wildman–Crippen MR) is 120 cm³/mol. The van der Waals surface area contributed by atoms with Gasteiger partial charge in [0, 0.05) is 17.7 Å². The van der Waals surface area contributed by atoms with E-state index in [0.29, 0.717) is 31.7 Å². The zero-order chi connectivity index (χ0) is 21.0. The van der Waals surface area contributed by atoms with Crippen molar-refractivity contribution in [3.8, 4) is 17.2 Å². The minimum Gasteiger partial charge on any atom is -0.494 e. The Hall–Kier alpha value is -2.99. The van der Waals surface area contributed by atoms with Crippen LogP contribution in [0.2, 0.25) is 0 Å². The summed E-state index contributed by atoms with van der Waals surface area (Å²) in [4.78, 5) is 14.3. The molecule has 1 fully saturated rings. The number of para-hydroxylation sites is 1. The fraction of sp³-hybridized carbons (Fsp3) is 0.400. The van der Waals surface area contributed by atoms with E-state index in [1.165, 1.54) is 18.1 Å². The first kappa shape index (κ1) is 19.9. The lowest BCUT2D eigenvalue weighted by Crippen LogP contribution is -2.19. The molecule has 6 nitrogen and oxygen atoms in total. The number of fused-ring (bicyclic) bond motifs is 2. The first-order valence-electron chi connectivity index (χ1n) is 11.1. The number of H-pyrrole nitrogens is 1. The topological polar surface area (TPSA) is 72.6 Å². The summed E-state index contributed by atoms with van der Waals surface area (Å²) in [5.41, 5.74) is 2.01. The van der Waals surface area contributed by atoms with Gasteiger partial charge in [-0.15, -0.1) is 0 Å². The van der Waals surface area contributed by atoms with Gasteiger partial charge in [-0.05, 0) is 73.8 Å². The summed E-state index contributed by atoms with van der Waals surface area (Å²) in [5, 5.41) is 4.59. The second kappa shape index (κ2) is 9.02. The van der Waals surface area contributed by atoms with E-state index in [0.717, 1.165) is 54.1 Å². The molecule has 0 saturated heterocycles. The Kier molecular flexibility index (Phi) is 5.80. The molecule has 6 heteroatoms. The Morgan fingerprint density at radius 1 is 1.06 bits per heavy atom. The van der Waals surface area contributed by atoms with Crippen molar-refractivity contribution in [1.29, 1.82) is 0 Å². The number of unbranched alkanes of at least 4 members (excludes halogenated alkanes) is 1. The van der Waals surface area contributed by atoms with E-state index in [4.69, 9.17) is 14.2 Å². The average molecular weight is 421 g/mol. The minimum absolute atomic E-state index is 0.0957. The van der Waals surface area contributed by atoms with Crippen molar-refractivity contribution in [1.82, 2.24) is 10.3 Å². The highest BCUT2D eigenvalue weighted by atomic mass is 16.6. The molecule has 1 aromatic heterocycles. The third-order valence-electron chi connectivity index (χ3n) is 6.04. The molecular weight excluding hydrogens is 392 g/mol. The van der Waals surface area contributed by atoms with Gasteiger partial charge in [0.15, 0.2) is 11.5 Å². The maximum Gasteiger partial charge on any atom is 0.248 e. The maximum atomic E-state index is 11.5. The van der Waals surface area contributed by atoms with Gasteiger partial charge in [0.05, 0.1) is 12.1 Å². The third-order valence-corrected chi connectivity index (χ3v) is 6.04. The molecule has 5 rings (SSSR count). The number of ether oxygens (including phenoxy) is 3. The zero-order valence-corrected chi connectivity index (χ0v) is 17.6. The second-order valence-electron chi connectivity index (χ2n) is 8.31. The Bertz CT molecular complexity index is 1110. The lowest BCUT2D eigenvalue weighted by atomic mass is 10.1. The van der Waals surface area contributed by atoms with Crippen LogP contribution in [0, 0.1) is 5.92 Å². The number of pyridine rings is 1. The molecule has 0 bridgehead atoms. The van der Waals surface area contributed by atoms with Crippen LogP contribution in [0.1, 0.15) is 30.7 Å². The second-order valence-corrected chi connectivity index (χ2v) is 8.31. The fourth-order valence-electron chi connectivity index (χ4n) is 4.29. The van der Waals surface area contributed by atoms with E-state index in [1.54, 1.807) is 0 Å². The van der Waals surface area contributed by atoms with Gasteiger partial charge in [-0.25, -0.2) is 0 Å². The van der Waals surface area contributed by atoms with Crippen LogP contribution in [0.3, 0.4) is 0 Å². The summed E-state index contributed by atoms with van der Waals surface area (Å²) in [7, 11) is 0. The average Bonchev–Trinajstić information content (AvgIpc) is 3.57. The van der Waals surface area contributed by atoms with Crippen molar-refractivity contribution in [3.63, 3.8) is 0 Å². The molecule has 2 N–H and O–H groups in total. The van der Waals surface area contributed by atoms with Crippen molar-refractivity contribution in [2.45, 2.75) is 25.2 Å². The molecule has 2 heterocycles. The monoisotopic (exact) mass is 420 g/mol. The molecule has 3 aromatic rings. The Labute approximate surface area is 181 Å². The molecule has 1 aliphatic carbocycles. The van der Waals surface area contributed by atoms with Crippen molar-refractivity contribution in [2.24, 2.45) is 5.92 Å². The maximum absolute atomic E-state index is 11.5. The van der Waals surface area contributed by atoms with Gasteiger partial charge in [-0.1, -0.05) is 12.1 Å². The van der Waals surface area contributed by atoms with Crippen LogP contribution in [0.5, 0.6) is 17.2 Å². The zero-order valence-electron chi connectivity index (χ0n) is 17.6. The first-order valence-corrected chi connectivity index (χ1v) is 11.1. The Morgan fingerprint density at radius 3 is 2.94 bits per heavy atom. The highest BCUT2D eigenvalue weighted by Gasteiger charge is 2.40. The number of hydrogen-bond donors (Lipinski definition) is 2. The van der Waals surface area contributed by atoms with Crippen molar-refractivity contribution in [3.05, 3.63) is 64.4 Å². The van der Waals surface area contributed by atoms with Crippen LogP contribution in [0.15, 0.2) is 53.3 Å². The molecule has 2 atom stereocenters. The Morgan fingerprint density at radius 2 is 1.97 bits per heavy atom. The molecule has 0 radical (unpaired) electrons. The van der Waals surface area contributed by atoms with Crippen LogP contribution in [-0.2, 0) is 0 Å². The van der Waals surface area contributed by atoms with Gasteiger partial charge in [0.1, 0.15) is 19.0 Å². The van der Waals surface area contributed by atoms with Crippen LogP contribution in [0.4, 0.5) is 0 Å². The summed E-state index contributed by atoms with van der Waals surface area (Å²) >= 11 is 0. The van der Waals surface area contributed by atoms with Gasteiger partial charge >= 0.3 is 0 Å². The van der Waals surface area contributed by atoms with Crippen LogP contribution < -0.4 is 25.1 Å². The normalized spacial score (nSPS) is 19.4. The highest BCUT2D eigenvalue weighted by molar-refractivity contribution is 5.79. The van der Waals surface area contributed by atoms with Gasteiger partial charge in [-0.3, -0.25) is 4.79 Å². The number of rotatable bonds is 9. The van der Waals surface area contributed by atoms with Gasteiger partial charge < -0.3 is 24.5 Å². The van der Waals surface area contributed by atoms with E-state index in [9.17, 15) is 4.79 Å². The van der Waals surface area contributed by atoms with Crippen LogP contribution in [-0.4, -0.2) is 37.9 Å². The van der Waals surface area contributed by atoms with E-state index in [-0.39, 0.29) is 5.56 Å². The van der Waals surface area contributed by atoms with Gasteiger partial charge in [0.25, 0.3) is 0 Å². The summed E-state index contributed by atoms with van der Waals surface area (Å²) < 4.78 is 17.4. The SMILES string of the molecule is O=c1ccc2ccc(OCCCCNC[C@@H]3C[C@H]3c3cccc4c3OCCO4)cc2[nH]1. The number of benzene rings is 2. The number of hydrogen-bond acceptors (Lipinski definition) is 5. The number of aromatic amines is 1. The van der Waals surface area contributed by atoms with E-state index in [2.05, 4.69) is 22.4 Å². The molecule has 31 heavy (non-hydrogen) atoms. The third kappa shape index (κ3) is 4.69. The summed E-state index contributed by atoms with van der Waals surface area (Å²) in [6.45, 7) is 3.97. The molecule has 162 valence electrons. The summed E-state index contributed by atoms with van der Waals surface area (Å²) in [5.74, 6) is 3.89. The molecule has 0 amide bonds. The predicted octanol–water partition coefficient (Wildman–Crippen LogP) is 3.85. The minimum atomic E-state index is -0.0957. The quantitative estimate of drug-likeness (QED) is 0.515. The number of aromatic nitrogens is 1. The molecule has 2 aliphatic rings. The van der Waals surface area contributed by atoms with Crippen LogP contribution in [0.25, 0.3) is 10.9 Å². The highest BCUT2D eigenvalue weighted by Crippen LogP contribution is 2.52. The molecule has 0 spiro atoms. The first-order chi connectivity index (χ1) is 15.3. The van der Waals surface area contributed by atoms with Crippen molar-refractivity contribution >= 4 is 10.9 Å². The van der Waals surface area contributed by atoms with Gasteiger partial charge in [-0.2, -0.15) is 0 Å².